The molecule has 0 spiro atoms. The second-order valence-corrected chi connectivity index (χ2v) is 5.27. The molecule has 0 saturated heterocycles. The van der Waals surface area contributed by atoms with Crippen molar-refractivity contribution in [3.8, 4) is 11.5 Å². The predicted octanol–water partition coefficient (Wildman–Crippen LogP) is 3.31. The molecule has 118 valence electrons. The first-order chi connectivity index (χ1) is 9.54. The van der Waals surface area contributed by atoms with E-state index in [-0.39, 0.29) is 29.9 Å². The van der Waals surface area contributed by atoms with E-state index >= 15 is 0 Å². The second kappa shape index (κ2) is 7.47. The minimum absolute atomic E-state index is 0. The fourth-order valence-electron chi connectivity index (χ4n) is 2.87. The van der Waals surface area contributed by atoms with E-state index in [0.717, 1.165) is 25.7 Å². The van der Waals surface area contributed by atoms with Crippen LogP contribution in [0, 0.1) is 16.0 Å². The maximum atomic E-state index is 11.0. The molecule has 1 aromatic rings. The van der Waals surface area contributed by atoms with Gasteiger partial charge in [-0.3, -0.25) is 10.1 Å². The highest BCUT2D eigenvalue weighted by atomic mass is 35.5. The number of methoxy groups -OCH3 is 1. The number of rotatable bonds is 4. The number of nitrogens with zero attached hydrogens (tertiary/aromatic N) is 1. The second-order valence-electron chi connectivity index (χ2n) is 5.27. The van der Waals surface area contributed by atoms with Crippen LogP contribution in [0.4, 0.5) is 5.69 Å². The third-order valence-electron chi connectivity index (χ3n) is 4.04. The maximum absolute atomic E-state index is 11.0. The SMILES string of the molecule is COc1cc([C@H](N)C2CCCCC2)cc([N+](=O)[O-])c1O.Cl. The molecule has 1 aliphatic rings. The molecule has 21 heavy (non-hydrogen) atoms. The van der Waals surface area contributed by atoms with Crippen LogP contribution in [0.25, 0.3) is 0 Å². The van der Waals surface area contributed by atoms with Gasteiger partial charge in [0.25, 0.3) is 0 Å². The van der Waals surface area contributed by atoms with Crippen molar-refractivity contribution in [2.45, 2.75) is 38.1 Å². The predicted molar refractivity (Wildman–Crippen MR) is 82.1 cm³/mol. The number of benzene rings is 1. The molecule has 0 radical (unpaired) electrons. The average molecular weight is 317 g/mol. The van der Waals surface area contributed by atoms with Crippen LogP contribution in [0.5, 0.6) is 11.5 Å². The summed E-state index contributed by atoms with van der Waals surface area (Å²) in [4.78, 5) is 10.4. The van der Waals surface area contributed by atoms with Crippen molar-refractivity contribution >= 4 is 18.1 Å². The summed E-state index contributed by atoms with van der Waals surface area (Å²) in [6.07, 6.45) is 5.60. The normalized spacial score (nSPS) is 16.9. The molecule has 6 nitrogen and oxygen atoms in total. The summed E-state index contributed by atoms with van der Waals surface area (Å²) >= 11 is 0. The fourth-order valence-corrected chi connectivity index (χ4v) is 2.87. The largest absolute Gasteiger partial charge is 0.500 e. The molecule has 1 saturated carbocycles. The first kappa shape index (κ1) is 17.5. The average Bonchev–Trinajstić information content (AvgIpc) is 2.47. The molecule has 3 N–H and O–H groups in total. The number of ether oxygens (including phenoxy) is 1. The molecule has 7 heteroatoms. The van der Waals surface area contributed by atoms with Crippen LogP contribution in [-0.4, -0.2) is 17.1 Å². The van der Waals surface area contributed by atoms with Crippen LogP contribution in [0.3, 0.4) is 0 Å². The van der Waals surface area contributed by atoms with Crippen molar-refractivity contribution in [3.05, 3.63) is 27.8 Å². The van der Waals surface area contributed by atoms with Gasteiger partial charge in [0.1, 0.15) is 0 Å². The number of phenols is 1. The smallest absolute Gasteiger partial charge is 0.314 e. The Labute approximate surface area is 129 Å². The highest BCUT2D eigenvalue weighted by Crippen LogP contribution is 2.41. The molecule has 0 aromatic heterocycles. The molecule has 0 unspecified atom stereocenters. The molecule has 0 bridgehead atoms. The molecule has 0 amide bonds. The molecule has 0 heterocycles. The third-order valence-corrected chi connectivity index (χ3v) is 4.04. The Balaban J connectivity index is 0.00000220. The van der Waals surface area contributed by atoms with E-state index < -0.39 is 10.7 Å². The maximum Gasteiger partial charge on any atom is 0.314 e. The van der Waals surface area contributed by atoms with Gasteiger partial charge in [0, 0.05) is 12.1 Å². The summed E-state index contributed by atoms with van der Waals surface area (Å²) in [6, 6.07) is 2.70. The zero-order chi connectivity index (χ0) is 14.7. The first-order valence-electron chi connectivity index (χ1n) is 6.85. The lowest BCUT2D eigenvalue weighted by Gasteiger charge is -2.27. The molecule has 1 aromatic carbocycles. The number of halogens is 1. The van der Waals surface area contributed by atoms with Crippen LogP contribution in [0.1, 0.15) is 43.7 Å². The van der Waals surface area contributed by atoms with E-state index in [9.17, 15) is 15.2 Å². The quantitative estimate of drug-likeness (QED) is 0.656. The van der Waals surface area contributed by atoms with Crippen molar-refractivity contribution in [3.63, 3.8) is 0 Å². The van der Waals surface area contributed by atoms with E-state index in [2.05, 4.69) is 0 Å². The topological polar surface area (TPSA) is 98.6 Å². The van der Waals surface area contributed by atoms with Crippen LogP contribution in [-0.2, 0) is 0 Å². The summed E-state index contributed by atoms with van der Waals surface area (Å²) in [7, 11) is 1.37. The van der Waals surface area contributed by atoms with E-state index in [0.29, 0.717) is 11.5 Å². The highest BCUT2D eigenvalue weighted by Gasteiger charge is 2.26. The molecule has 1 atom stereocenters. The van der Waals surface area contributed by atoms with Gasteiger partial charge in [-0.25, -0.2) is 0 Å². The van der Waals surface area contributed by atoms with Gasteiger partial charge in [-0.05, 0) is 30.4 Å². The Morgan fingerprint density at radius 2 is 2.00 bits per heavy atom. The number of nitrogens with two attached hydrogens (primary N) is 1. The van der Waals surface area contributed by atoms with Gasteiger partial charge in [-0.2, -0.15) is 0 Å². The first-order valence-corrected chi connectivity index (χ1v) is 6.85. The van der Waals surface area contributed by atoms with Crippen molar-refractivity contribution in [2.24, 2.45) is 11.7 Å². The number of nitro benzene ring substituents is 1. The van der Waals surface area contributed by atoms with Crippen LogP contribution < -0.4 is 10.5 Å². The summed E-state index contributed by atoms with van der Waals surface area (Å²) in [5.74, 6) is -0.0184. The monoisotopic (exact) mass is 316 g/mol. The fraction of sp³-hybridized carbons (Fsp3) is 0.571. The van der Waals surface area contributed by atoms with Gasteiger partial charge in [0.2, 0.25) is 5.75 Å². The van der Waals surface area contributed by atoms with Gasteiger partial charge in [-0.15, -0.1) is 12.4 Å². The van der Waals surface area contributed by atoms with Crippen LogP contribution in [0.15, 0.2) is 12.1 Å². The molecule has 2 rings (SSSR count). The lowest BCUT2D eigenvalue weighted by Crippen LogP contribution is -2.23. The van der Waals surface area contributed by atoms with Gasteiger partial charge in [-0.1, -0.05) is 19.3 Å². The summed E-state index contributed by atoms with van der Waals surface area (Å²) in [5.41, 5.74) is 6.55. The third kappa shape index (κ3) is 3.77. The molecule has 1 aliphatic carbocycles. The zero-order valence-electron chi connectivity index (χ0n) is 11.9. The molecular formula is C14H21ClN2O4. The molecule has 0 aliphatic heterocycles. The van der Waals surface area contributed by atoms with Crippen LogP contribution >= 0.6 is 12.4 Å². The lowest BCUT2D eigenvalue weighted by molar-refractivity contribution is -0.386. The summed E-state index contributed by atoms with van der Waals surface area (Å²) < 4.78 is 5.00. The van der Waals surface area contributed by atoms with E-state index in [1.54, 1.807) is 6.07 Å². The van der Waals surface area contributed by atoms with Gasteiger partial charge in [0.15, 0.2) is 5.75 Å². The van der Waals surface area contributed by atoms with Gasteiger partial charge in [0.05, 0.1) is 12.0 Å². The number of phenolic OH excluding ortho intramolecular Hbond substituents is 1. The molecular weight excluding hydrogens is 296 g/mol. The highest BCUT2D eigenvalue weighted by molar-refractivity contribution is 5.85. The van der Waals surface area contributed by atoms with E-state index in [4.69, 9.17) is 10.5 Å². The van der Waals surface area contributed by atoms with Gasteiger partial charge < -0.3 is 15.6 Å². The summed E-state index contributed by atoms with van der Waals surface area (Å²) in [5, 5.41) is 20.8. The van der Waals surface area contributed by atoms with E-state index in [1.165, 1.54) is 19.6 Å². The number of nitro groups is 1. The van der Waals surface area contributed by atoms with Crippen molar-refractivity contribution in [1.82, 2.24) is 0 Å². The Morgan fingerprint density at radius 1 is 1.38 bits per heavy atom. The van der Waals surface area contributed by atoms with Gasteiger partial charge >= 0.3 is 5.69 Å². The lowest BCUT2D eigenvalue weighted by atomic mass is 9.81. The molecule has 1 fully saturated rings. The van der Waals surface area contributed by atoms with Crippen LogP contribution in [0.2, 0.25) is 0 Å². The Morgan fingerprint density at radius 3 is 2.52 bits per heavy atom. The standard InChI is InChI=1S/C14H20N2O4.ClH/c1-20-12-8-10(7-11(14(12)17)16(18)19)13(15)9-5-3-2-4-6-9;/h7-9,13,17H,2-6,15H2,1H3;1H/t13-;/m1./s1. The number of hydrogen-bond donors (Lipinski definition) is 2. The summed E-state index contributed by atoms with van der Waals surface area (Å²) in [6.45, 7) is 0. The van der Waals surface area contributed by atoms with Crippen molar-refractivity contribution in [2.75, 3.05) is 7.11 Å². The Hall–Kier alpha value is -1.53. The zero-order valence-corrected chi connectivity index (χ0v) is 12.8. The number of aromatic hydroxyl groups is 1. The van der Waals surface area contributed by atoms with E-state index in [1.807, 2.05) is 0 Å². The Bertz CT molecular complexity index is 504. The number of hydrogen-bond acceptors (Lipinski definition) is 5. The Kier molecular flexibility index (Phi) is 6.23. The minimum atomic E-state index is -0.616. The van der Waals surface area contributed by atoms with Crippen molar-refractivity contribution in [1.29, 1.82) is 0 Å². The minimum Gasteiger partial charge on any atom is -0.500 e. The van der Waals surface area contributed by atoms with Crippen molar-refractivity contribution < 1.29 is 14.8 Å².